The molecule has 3 heteroatoms. The van der Waals surface area contributed by atoms with Gasteiger partial charge in [0.2, 0.25) is 0 Å². The van der Waals surface area contributed by atoms with E-state index in [1.165, 1.54) is 25.7 Å². The molecule has 0 spiro atoms. The number of hydrogen-bond acceptors (Lipinski definition) is 2. The summed E-state index contributed by atoms with van der Waals surface area (Å²) < 4.78 is 6.27. The average molecular weight is 274 g/mol. The molecule has 1 fully saturated rings. The summed E-state index contributed by atoms with van der Waals surface area (Å²) in [7, 11) is 0. The fraction of sp³-hybridized carbons (Fsp3) is 0.588. The molecule has 20 heavy (non-hydrogen) atoms. The zero-order valence-corrected chi connectivity index (χ0v) is 12.8. The summed E-state index contributed by atoms with van der Waals surface area (Å²) in [6, 6.07) is 3.90. The molecule has 1 aliphatic rings. The molecule has 1 aromatic carbocycles. The van der Waals surface area contributed by atoms with E-state index < -0.39 is 0 Å². The highest BCUT2D eigenvalue weighted by Crippen LogP contribution is 2.32. The number of aryl methyl sites for hydroxylation is 2. The van der Waals surface area contributed by atoms with E-state index in [-0.39, 0.29) is 5.84 Å². The van der Waals surface area contributed by atoms with Crippen LogP contribution in [0.25, 0.3) is 0 Å². The second-order valence-corrected chi connectivity index (χ2v) is 6.03. The highest BCUT2D eigenvalue weighted by atomic mass is 16.5. The maximum atomic E-state index is 7.54. The minimum absolute atomic E-state index is 0.117. The van der Waals surface area contributed by atoms with Crippen LogP contribution in [-0.2, 0) is 0 Å². The second-order valence-electron chi connectivity index (χ2n) is 6.03. The molecule has 2 rings (SSSR count). The number of hydrogen-bond donors (Lipinski definition) is 2. The molecule has 0 saturated heterocycles. The van der Waals surface area contributed by atoms with Gasteiger partial charge in [0.15, 0.2) is 0 Å². The Balaban J connectivity index is 2.15. The molecule has 1 aliphatic carbocycles. The van der Waals surface area contributed by atoms with Gasteiger partial charge in [-0.1, -0.05) is 19.8 Å². The molecule has 0 bridgehead atoms. The molecule has 2 atom stereocenters. The quantitative estimate of drug-likeness (QED) is 0.645. The van der Waals surface area contributed by atoms with Crippen molar-refractivity contribution in [3.63, 3.8) is 0 Å². The fourth-order valence-corrected chi connectivity index (χ4v) is 3.18. The number of rotatable bonds is 4. The van der Waals surface area contributed by atoms with E-state index in [1.807, 2.05) is 26.0 Å². The highest BCUT2D eigenvalue weighted by Gasteiger charge is 2.23. The van der Waals surface area contributed by atoms with Crippen molar-refractivity contribution in [1.29, 1.82) is 5.41 Å². The summed E-state index contributed by atoms with van der Waals surface area (Å²) in [5, 5.41) is 7.54. The lowest BCUT2D eigenvalue weighted by Crippen LogP contribution is -2.25. The lowest BCUT2D eigenvalue weighted by Gasteiger charge is -2.30. The Kier molecular flexibility index (Phi) is 4.69. The second kappa shape index (κ2) is 6.29. The third-order valence-corrected chi connectivity index (χ3v) is 4.37. The van der Waals surface area contributed by atoms with Gasteiger partial charge in [0.25, 0.3) is 0 Å². The lowest BCUT2D eigenvalue weighted by molar-refractivity contribution is 0.120. The minimum atomic E-state index is 0.117. The highest BCUT2D eigenvalue weighted by molar-refractivity contribution is 5.95. The molecule has 0 heterocycles. The Hall–Kier alpha value is -1.51. The Bertz CT molecular complexity index is 473. The predicted octanol–water partition coefficient (Wildman–Crippen LogP) is 3.94. The number of nitrogen functional groups attached to an aromatic ring is 1. The first-order chi connectivity index (χ1) is 9.51. The minimum Gasteiger partial charge on any atom is -0.490 e. The molecule has 0 aromatic heterocycles. The van der Waals surface area contributed by atoms with Crippen LogP contribution in [0.15, 0.2) is 12.1 Å². The maximum Gasteiger partial charge on any atom is 0.125 e. The standard InChI is InChI=1S/C17H26N2O/c1-4-13-6-5-7-15(10-13)20-16-11(2)8-14(17(18)19)9-12(16)3/h8-9,13,15H,4-7,10H2,1-3H3,(H3,18,19). The Morgan fingerprint density at radius 3 is 2.50 bits per heavy atom. The SMILES string of the molecule is CCC1CCCC(Oc2c(C)cc(C(=N)N)cc2C)C1. The van der Waals surface area contributed by atoms with E-state index >= 15 is 0 Å². The van der Waals surface area contributed by atoms with Gasteiger partial charge in [-0.05, 0) is 62.3 Å². The number of nitrogens with one attached hydrogen (secondary N) is 1. The normalized spacial score (nSPS) is 22.6. The van der Waals surface area contributed by atoms with Crippen molar-refractivity contribution < 1.29 is 4.74 Å². The van der Waals surface area contributed by atoms with Crippen LogP contribution in [0.5, 0.6) is 5.75 Å². The van der Waals surface area contributed by atoms with Crippen molar-refractivity contribution in [3.8, 4) is 5.75 Å². The van der Waals surface area contributed by atoms with Gasteiger partial charge in [0.1, 0.15) is 11.6 Å². The van der Waals surface area contributed by atoms with Crippen LogP contribution in [-0.4, -0.2) is 11.9 Å². The number of amidine groups is 1. The third kappa shape index (κ3) is 3.33. The molecule has 1 saturated carbocycles. The Labute approximate surface area is 122 Å². The van der Waals surface area contributed by atoms with Crippen LogP contribution in [0.3, 0.4) is 0 Å². The first-order valence-corrected chi connectivity index (χ1v) is 7.63. The smallest absolute Gasteiger partial charge is 0.125 e. The van der Waals surface area contributed by atoms with Crippen LogP contribution in [0, 0.1) is 25.2 Å². The van der Waals surface area contributed by atoms with Crippen LogP contribution >= 0.6 is 0 Å². The van der Waals surface area contributed by atoms with Crippen LogP contribution in [0.4, 0.5) is 0 Å². The summed E-state index contributed by atoms with van der Waals surface area (Å²) in [5.74, 6) is 1.91. The summed E-state index contributed by atoms with van der Waals surface area (Å²) in [6.45, 7) is 6.34. The first kappa shape index (κ1) is 14.9. The molecular weight excluding hydrogens is 248 g/mol. The van der Waals surface area contributed by atoms with Gasteiger partial charge in [-0.15, -0.1) is 0 Å². The number of benzene rings is 1. The van der Waals surface area contributed by atoms with E-state index in [0.717, 1.165) is 34.8 Å². The van der Waals surface area contributed by atoms with Crippen molar-refractivity contribution in [3.05, 3.63) is 28.8 Å². The van der Waals surface area contributed by atoms with E-state index in [9.17, 15) is 0 Å². The van der Waals surface area contributed by atoms with Gasteiger partial charge < -0.3 is 10.5 Å². The topological polar surface area (TPSA) is 59.1 Å². The third-order valence-electron chi connectivity index (χ3n) is 4.37. The van der Waals surface area contributed by atoms with Gasteiger partial charge in [-0.25, -0.2) is 0 Å². The van der Waals surface area contributed by atoms with E-state index in [2.05, 4.69) is 6.92 Å². The molecule has 3 N–H and O–H groups in total. The summed E-state index contributed by atoms with van der Waals surface area (Å²) >= 11 is 0. The fourth-order valence-electron chi connectivity index (χ4n) is 3.18. The van der Waals surface area contributed by atoms with Gasteiger partial charge in [0.05, 0.1) is 6.10 Å². The summed E-state index contributed by atoms with van der Waals surface area (Å²) in [6.07, 6.45) is 6.54. The van der Waals surface area contributed by atoms with Crippen molar-refractivity contribution in [2.24, 2.45) is 11.7 Å². The number of ether oxygens (including phenoxy) is 1. The molecule has 1 aromatic rings. The zero-order chi connectivity index (χ0) is 14.7. The largest absolute Gasteiger partial charge is 0.490 e. The van der Waals surface area contributed by atoms with Gasteiger partial charge >= 0.3 is 0 Å². The monoisotopic (exact) mass is 274 g/mol. The van der Waals surface area contributed by atoms with Crippen LogP contribution in [0.1, 0.15) is 55.7 Å². The Morgan fingerprint density at radius 1 is 1.30 bits per heavy atom. The van der Waals surface area contributed by atoms with E-state index in [1.54, 1.807) is 0 Å². The van der Waals surface area contributed by atoms with Gasteiger partial charge in [0, 0.05) is 5.56 Å². The molecule has 3 nitrogen and oxygen atoms in total. The molecule has 2 unspecified atom stereocenters. The van der Waals surface area contributed by atoms with Crippen molar-refractivity contribution in [2.45, 2.75) is 59.0 Å². The van der Waals surface area contributed by atoms with Gasteiger partial charge in [-0.2, -0.15) is 0 Å². The van der Waals surface area contributed by atoms with Crippen molar-refractivity contribution >= 4 is 5.84 Å². The predicted molar refractivity (Wildman–Crippen MR) is 83.6 cm³/mol. The molecule has 110 valence electrons. The first-order valence-electron chi connectivity index (χ1n) is 7.63. The van der Waals surface area contributed by atoms with Crippen LogP contribution < -0.4 is 10.5 Å². The Morgan fingerprint density at radius 2 is 1.95 bits per heavy atom. The maximum absolute atomic E-state index is 7.54. The zero-order valence-electron chi connectivity index (χ0n) is 12.8. The van der Waals surface area contributed by atoms with Crippen molar-refractivity contribution in [2.75, 3.05) is 0 Å². The molecular formula is C17H26N2O. The molecule has 0 aliphatic heterocycles. The van der Waals surface area contributed by atoms with E-state index in [4.69, 9.17) is 15.9 Å². The van der Waals surface area contributed by atoms with E-state index in [0.29, 0.717) is 6.10 Å². The van der Waals surface area contributed by atoms with Gasteiger partial charge in [-0.3, -0.25) is 5.41 Å². The summed E-state index contributed by atoms with van der Waals surface area (Å²) in [4.78, 5) is 0. The molecule has 0 amide bonds. The lowest BCUT2D eigenvalue weighted by atomic mass is 9.85. The molecule has 0 radical (unpaired) electrons. The van der Waals surface area contributed by atoms with Crippen LogP contribution in [0.2, 0.25) is 0 Å². The number of nitrogens with two attached hydrogens (primary N) is 1. The summed E-state index contributed by atoms with van der Waals surface area (Å²) in [5.41, 5.74) is 8.50. The van der Waals surface area contributed by atoms with Crippen molar-refractivity contribution in [1.82, 2.24) is 0 Å². The average Bonchev–Trinajstić information content (AvgIpc) is 2.42.